The van der Waals surface area contributed by atoms with Gasteiger partial charge in [-0.05, 0) is 23.3 Å². The van der Waals surface area contributed by atoms with Crippen molar-refractivity contribution in [3.05, 3.63) is 59.9 Å². The van der Waals surface area contributed by atoms with Gasteiger partial charge in [0.15, 0.2) is 18.9 Å². The summed E-state index contributed by atoms with van der Waals surface area (Å²) in [5.41, 5.74) is 3.17. The Morgan fingerprint density at radius 2 is 1.59 bits per heavy atom. The fourth-order valence-corrected chi connectivity index (χ4v) is 6.05. The second kappa shape index (κ2) is 13.5. The maximum Gasteiger partial charge on any atom is 0.310 e. The second-order valence-corrected chi connectivity index (χ2v) is 10.1. The molecule has 0 bridgehead atoms. The fourth-order valence-electron chi connectivity index (χ4n) is 3.31. The standard InChI is InChI=1S/C24H31N2O4S2/c27-15-13-26(14-16-28)23-6-4-20(5-7-23)2-3-21-8-11-25(12-9-21)10-1-17-30-24(29)22-18-31-32-19-22/h2-9,11-12,22,27-28H,1,10,13-19H2/q+1. The number of esters is 1. The van der Waals surface area contributed by atoms with E-state index >= 15 is 0 Å². The van der Waals surface area contributed by atoms with Gasteiger partial charge in [0.25, 0.3) is 0 Å². The van der Waals surface area contributed by atoms with E-state index in [4.69, 9.17) is 4.74 Å². The Balaban J connectivity index is 1.43. The van der Waals surface area contributed by atoms with Gasteiger partial charge in [0.2, 0.25) is 0 Å². The summed E-state index contributed by atoms with van der Waals surface area (Å²) in [6.07, 6.45) is 9.00. The lowest BCUT2D eigenvalue weighted by molar-refractivity contribution is -0.697. The number of rotatable bonds is 12. The van der Waals surface area contributed by atoms with Crippen molar-refractivity contribution < 1.29 is 24.3 Å². The van der Waals surface area contributed by atoms with Crippen LogP contribution in [0.15, 0.2) is 48.8 Å². The van der Waals surface area contributed by atoms with Crippen LogP contribution in [0.2, 0.25) is 0 Å². The van der Waals surface area contributed by atoms with Gasteiger partial charge in [-0.15, -0.1) is 0 Å². The highest BCUT2D eigenvalue weighted by atomic mass is 33.1. The van der Waals surface area contributed by atoms with E-state index in [-0.39, 0.29) is 25.1 Å². The molecule has 0 radical (unpaired) electrons. The summed E-state index contributed by atoms with van der Waals surface area (Å²) in [5.74, 6) is 1.72. The molecule has 2 heterocycles. The molecule has 1 fully saturated rings. The number of anilines is 1. The molecule has 1 saturated heterocycles. The van der Waals surface area contributed by atoms with Crippen LogP contribution in [0.4, 0.5) is 5.69 Å². The van der Waals surface area contributed by atoms with Crippen molar-refractivity contribution in [2.24, 2.45) is 5.92 Å². The molecule has 0 atom stereocenters. The number of aliphatic hydroxyl groups is 2. The minimum atomic E-state index is -0.0597. The smallest absolute Gasteiger partial charge is 0.310 e. The SMILES string of the molecule is O=C(OCCC[n+]1ccc(/C=C/c2ccc(N(CCO)CCO)cc2)cc1)C1CSSC1. The lowest BCUT2D eigenvalue weighted by Crippen LogP contribution is -2.33. The summed E-state index contributed by atoms with van der Waals surface area (Å²) >= 11 is 0. The van der Waals surface area contributed by atoms with Crippen molar-refractivity contribution in [1.82, 2.24) is 0 Å². The van der Waals surface area contributed by atoms with E-state index in [2.05, 4.69) is 28.9 Å². The summed E-state index contributed by atoms with van der Waals surface area (Å²) in [7, 11) is 3.49. The third-order valence-corrected chi connectivity index (χ3v) is 7.70. The number of aryl methyl sites for hydroxylation is 1. The summed E-state index contributed by atoms with van der Waals surface area (Å²) in [6.45, 7) is 2.38. The molecule has 172 valence electrons. The Labute approximate surface area is 197 Å². The molecule has 6 nitrogen and oxygen atoms in total. The number of pyridine rings is 1. The van der Waals surface area contributed by atoms with Crippen molar-refractivity contribution in [2.75, 3.05) is 49.3 Å². The Kier molecular flexibility index (Phi) is 10.4. The molecule has 3 rings (SSSR count). The normalized spacial score (nSPS) is 14.2. The minimum Gasteiger partial charge on any atom is -0.465 e. The minimum absolute atomic E-state index is 0.0553. The molecule has 1 aromatic heterocycles. The van der Waals surface area contributed by atoms with E-state index in [1.807, 2.05) is 41.6 Å². The molecule has 0 saturated carbocycles. The van der Waals surface area contributed by atoms with Gasteiger partial charge in [0, 0.05) is 48.8 Å². The predicted octanol–water partition coefficient (Wildman–Crippen LogP) is 2.88. The number of carbonyl (C=O) groups is 1. The molecule has 2 N–H and O–H groups in total. The number of hydrogen-bond acceptors (Lipinski definition) is 7. The highest BCUT2D eigenvalue weighted by Gasteiger charge is 2.25. The van der Waals surface area contributed by atoms with Gasteiger partial charge in [0.05, 0.1) is 25.7 Å². The van der Waals surface area contributed by atoms with Crippen LogP contribution in [-0.2, 0) is 16.1 Å². The lowest BCUT2D eigenvalue weighted by atomic mass is 10.1. The van der Waals surface area contributed by atoms with Gasteiger partial charge in [-0.2, -0.15) is 0 Å². The molecular formula is C24H31N2O4S2+. The molecule has 0 aliphatic carbocycles. The van der Waals surface area contributed by atoms with E-state index in [9.17, 15) is 15.0 Å². The van der Waals surface area contributed by atoms with Crippen LogP contribution < -0.4 is 9.47 Å². The molecule has 1 aliphatic rings. The topological polar surface area (TPSA) is 73.9 Å². The molecule has 0 unspecified atom stereocenters. The molecule has 2 aromatic rings. The van der Waals surface area contributed by atoms with Gasteiger partial charge < -0.3 is 19.8 Å². The lowest BCUT2D eigenvalue weighted by Gasteiger charge is -2.22. The first-order valence-corrected chi connectivity index (χ1v) is 13.3. The number of ether oxygens (including phenoxy) is 1. The monoisotopic (exact) mass is 475 g/mol. The maximum atomic E-state index is 11.9. The van der Waals surface area contributed by atoms with E-state index in [1.54, 1.807) is 21.6 Å². The van der Waals surface area contributed by atoms with Crippen molar-refractivity contribution in [3.8, 4) is 0 Å². The average Bonchev–Trinajstić information content (AvgIpc) is 3.37. The Morgan fingerprint density at radius 3 is 2.19 bits per heavy atom. The van der Waals surface area contributed by atoms with Crippen LogP contribution in [0, 0.1) is 5.92 Å². The number of hydrogen-bond donors (Lipinski definition) is 2. The number of benzene rings is 1. The van der Waals surface area contributed by atoms with E-state index < -0.39 is 0 Å². The Morgan fingerprint density at radius 1 is 1.00 bits per heavy atom. The van der Waals surface area contributed by atoms with Gasteiger partial charge in [-0.1, -0.05) is 45.9 Å². The van der Waals surface area contributed by atoms with Crippen LogP contribution in [0.5, 0.6) is 0 Å². The first kappa shape index (κ1) is 24.6. The van der Waals surface area contributed by atoms with Crippen LogP contribution in [-0.4, -0.2) is 60.6 Å². The Bertz CT molecular complexity index is 847. The molecule has 1 aliphatic heterocycles. The first-order chi connectivity index (χ1) is 15.7. The number of aliphatic hydroxyl groups excluding tert-OH is 2. The van der Waals surface area contributed by atoms with Crippen LogP contribution in [0.25, 0.3) is 12.2 Å². The molecule has 0 amide bonds. The van der Waals surface area contributed by atoms with Crippen molar-refractivity contribution in [2.45, 2.75) is 13.0 Å². The largest absolute Gasteiger partial charge is 0.465 e. The fraction of sp³-hybridized carbons (Fsp3) is 0.417. The molecular weight excluding hydrogens is 444 g/mol. The van der Waals surface area contributed by atoms with Gasteiger partial charge in [0.1, 0.15) is 0 Å². The van der Waals surface area contributed by atoms with Gasteiger partial charge >= 0.3 is 5.97 Å². The summed E-state index contributed by atoms with van der Waals surface area (Å²) in [4.78, 5) is 13.9. The number of carbonyl (C=O) groups excluding carboxylic acids is 1. The molecule has 0 spiro atoms. The van der Waals surface area contributed by atoms with Crippen LogP contribution >= 0.6 is 21.6 Å². The van der Waals surface area contributed by atoms with E-state index in [0.717, 1.165) is 41.3 Å². The quantitative estimate of drug-likeness (QED) is 0.212. The van der Waals surface area contributed by atoms with Gasteiger partial charge in [-0.25, -0.2) is 4.57 Å². The highest BCUT2D eigenvalue weighted by Crippen LogP contribution is 2.35. The first-order valence-electron chi connectivity index (χ1n) is 10.8. The number of nitrogens with zero attached hydrogens (tertiary/aromatic N) is 2. The van der Waals surface area contributed by atoms with Crippen molar-refractivity contribution in [3.63, 3.8) is 0 Å². The van der Waals surface area contributed by atoms with Gasteiger partial charge in [-0.3, -0.25) is 4.79 Å². The van der Waals surface area contributed by atoms with E-state index in [1.165, 1.54) is 0 Å². The second-order valence-electron chi connectivity index (χ2n) is 7.52. The highest BCUT2D eigenvalue weighted by molar-refractivity contribution is 8.77. The van der Waals surface area contributed by atoms with Crippen LogP contribution in [0.3, 0.4) is 0 Å². The molecule has 8 heteroatoms. The van der Waals surface area contributed by atoms with Crippen LogP contribution in [0.1, 0.15) is 17.5 Å². The van der Waals surface area contributed by atoms with Crippen molar-refractivity contribution in [1.29, 1.82) is 0 Å². The summed E-state index contributed by atoms with van der Waals surface area (Å²) in [6, 6.07) is 12.2. The zero-order valence-corrected chi connectivity index (χ0v) is 19.8. The molecule has 32 heavy (non-hydrogen) atoms. The third kappa shape index (κ3) is 7.85. The third-order valence-electron chi connectivity index (χ3n) is 5.14. The predicted molar refractivity (Wildman–Crippen MR) is 132 cm³/mol. The average molecular weight is 476 g/mol. The zero-order valence-electron chi connectivity index (χ0n) is 18.1. The zero-order chi connectivity index (χ0) is 22.6. The summed E-state index contributed by atoms with van der Waals surface area (Å²) < 4.78 is 7.49. The number of aromatic nitrogens is 1. The Hall–Kier alpha value is -2.00. The van der Waals surface area contributed by atoms with E-state index in [0.29, 0.717) is 19.7 Å². The maximum absolute atomic E-state index is 11.9. The van der Waals surface area contributed by atoms with Crippen molar-refractivity contribution >= 4 is 45.4 Å². The summed E-state index contributed by atoms with van der Waals surface area (Å²) in [5, 5.41) is 18.3. The molecule has 1 aromatic carbocycles.